The summed E-state index contributed by atoms with van der Waals surface area (Å²) in [6, 6.07) is 19.9. The predicted molar refractivity (Wildman–Crippen MR) is 175 cm³/mol. The molecule has 0 aliphatic carbocycles. The van der Waals surface area contributed by atoms with Crippen molar-refractivity contribution in [2.24, 2.45) is 5.10 Å². The number of carbonyl (C=O) groups excluding carboxylic acids is 2. The number of rotatable bonds is 12. The summed E-state index contributed by atoms with van der Waals surface area (Å²) in [6.45, 7) is 3.81. The molecule has 12 heteroatoms. The highest BCUT2D eigenvalue weighted by atomic mass is 127. The lowest BCUT2D eigenvalue weighted by Gasteiger charge is -2.30. The Hall–Kier alpha value is -4.17. The lowest BCUT2D eigenvalue weighted by atomic mass is 9.95. The minimum atomic E-state index is -0.622. The number of carbonyl (C=O) groups is 2. The highest BCUT2D eigenvalue weighted by Gasteiger charge is 2.32. The molecule has 1 heterocycles. The smallest absolute Gasteiger partial charge is 0.338 e. The molecule has 1 aliphatic heterocycles. The Morgan fingerprint density at radius 2 is 1.81 bits per heavy atom. The number of hydrogen-bond donors (Lipinski definition) is 3. The summed E-state index contributed by atoms with van der Waals surface area (Å²) in [4.78, 5) is 25.3. The van der Waals surface area contributed by atoms with E-state index in [0.29, 0.717) is 51.4 Å². The number of thiocarbonyl (C=S) groups is 1. The molecule has 43 heavy (non-hydrogen) atoms. The third-order valence-electron chi connectivity index (χ3n) is 6.25. The molecule has 0 fully saturated rings. The van der Waals surface area contributed by atoms with Crippen LogP contribution in [0.15, 0.2) is 83.1 Å². The van der Waals surface area contributed by atoms with Gasteiger partial charge in [0.1, 0.15) is 12.4 Å². The number of allylic oxidation sites excluding steroid dienone is 1. The second-order valence-electron chi connectivity index (χ2n) is 9.24. The van der Waals surface area contributed by atoms with Crippen LogP contribution in [0.3, 0.4) is 0 Å². The first-order valence-electron chi connectivity index (χ1n) is 13.3. The Kier molecular flexibility index (Phi) is 11.3. The Labute approximate surface area is 269 Å². The molecular formula is C31H31IN4O6S. The summed E-state index contributed by atoms with van der Waals surface area (Å²) >= 11 is 7.58. The Balaban J connectivity index is 1.36. The molecule has 4 rings (SSSR count). The van der Waals surface area contributed by atoms with Crippen LogP contribution in [0, 0.1) is 3.57 Å². The molecule has 10 nitrogen and oxygen atoms in total. The molecule has 3 N–H and O–H groups in total. The Bertz CT molecular complexity index is 1540. The zero-order chi connectivity index (χ0) is 30.8. The zero-order valence-corrected chi connectivity index (χ0v) is 26.8. The average molecular weight is 715 g/mol. The van der Waals surface area contributed by atoms with E-state index in [-0.39, 0.29) is 13.2 Å². The number of nitrogens with one attached hydrogen (secondary N) is 3. The summed E-state index contributed by atoms with van der Waals surface area (Å²) in [5.41, 5.74) is 5.79. The Morgan fingerprint density at radius 1 is 1.05 bits per heavy atom. The number of benzene rings is 3. The van der Waals surface area contributed by atoms with Crippen LogP contribution in [-0.4, -0.2) is 43.5 Å². The number of hydrazone groups is 1. The van der Waals surface area contributed by atoms with Gasteiger partial charge in [0.15, 0.2) is 23.2 Å². The van der Waals surface area contributed by atoms with Crippen molar-refractivity contribution in [2.75, 3.05) is 20.3 Å². The monoisotopic (exact) mass is 714 g/mol. The van der Waals surface area contributed by atoms with Crippen LogP contribution in [-0.2, 0) is 20.9 Å². The fraction of sp³-hybridized carbons (Fsp3) is 0.226. The largest absolute Gasteiger partial charge is 0.493 e. The number of esters is 1. The highest BCUT2D eigenvalue weighted by Crippen LogP contribution is 2.33. The van der Waals surface area contributed by atoms with Crippen LogP contribution in [0.5, 0.6) is 17.2 Å². The van der Waals surface area contributed by atoms with E-state index in [1.807, 2.05) is 30.3 Å². The van der Waals surface area contributed by atoms with Gasteiger partial charge in [-0.3, -0.25) is 4.79 Å². The number of amides is 1. The van der Waals surface area contributed by atoms with E-state index < -0.39 is 17.9 Å². The van der Waals surface area contributed by atoms with Gasteiger partial charge in [-0.2, -0.15) is 5.10 Å². The third-order valence-corrected chi connectivity index (χ3v) is 7.19. The van der Waals surface area contributed by atoms with Gasteiger partial charge in [0.2, 0.25) is 0 Å². The fourth-order valence-corrected chi connectivity index (χ4v) is 4.87. The molecule has 0 saturated heterocycles. The van der Waals surface area contributed by atoms with Crippen LogP contribution >= 0.6 is 34.8 Å². The number of hydrogen-bond acceptors (Lipinski definition) is 8. The molecule has 3 aromatic rings. The van der Waals surface area contributed by atoms with Crippen molar-refractivity contribution in [3.8, 4) is 17.2 Å². The standard InChI is InChI=1S/C31H31IN4O6S/c1-4-40-30(38)28-19(2)34-31(43)35-29(28)23-7-5-6-8-24(23)42-18-27(37)36-33-16-21-11-14-25(26(15-21)39-3)41-17-20-9-12-22(32)13-10-20/h5-16,29H,4,17-18H2,1-3H3,(H,36,37)(H2,34,35,43)/t29-/m0/s1. The van der Waals surface area contributed by atoms with Crippen LogP contribution in [0.4, 0.5) is 0 Å². The molecule has 0 saturated carbocycles. The Morgan fingerprint density at radius 3 is 2.56 bits per heavy atom. The summed E-state index contributed by atoms with van der Waals surface area (Å²) in [7, 11) is 1.56. The minimum absolute atomic E-state index is 0.226. The van der Waals surface area contributed by atoms with Crippen molar-refractivity contribution < 1.29 is 28.5 Å². The normalized spacial score (nSPS) is 14.5. The lowest BCUT2D eigenvalue weighted by Crippen LogP contribution is -2.45. The molecular weight excluding hydrogens is 683 g/mol. The zero-order valence-electron chi connectivity index (χ0n) is 23.8. The van der Waals surface area contributed by atoms with Gasteiger partial charge in [0.05, 0.1) is 31.5 Å². The first-order valence-corrected chi connectivity index (χ1v) is 14.8. The van der Waals surface area contributed by atoms with Gasteiger partial charge in [0, 0.05) is 14.8 Å². The van der Waals surface area contributed by atoms with Crippen molar-refractivity contribution in [1.29, 1.82) is 0 Å². The fourth-order valence-electron chi connectivity index (χ4n) is 4.24. The van der Waals surface area contributed by atoms with Gasteiger partial charge < -0.3 is 29.6 Å². The summed E-state index contributed by atoms with van der Waals surface area (Å²) in [5.74, 6) is 0.592. The molecule has 224 valence electrons. The first-order chi connectivity index (χ1) is 20.8. The SMILES string of the molecule is CCOC(=O)C1=C(C)NC(=S)N[C@H]1c1ccccc1OCC(=O)NN=Cc1ccc(OCc2ccc(I)cc2)c(OC)c1. The lowest BCUT2D eigenvalue weighted by molar-refractivity contribution is -0.139. The van der Waals surface area contributed by atoms with Crippen molar-refractivity contribution in [1.82, 2.24) is 16.1 Å². The van der Waals surface area contributed by atoms with Gasteiger partial charge in [-0.15, -0.1) is 0 Å². The number of ether oxygens (including phenoxy) is 4. The minimum Gasteiger partial charge on any atom is -0.493 e. The predicted octanol–water partition coefficient (Wildman–Crippen LogP) is 4.76. The molecule has 0 unspecified atom stereocenters. The van der Waals surface area contributed by atoms with Crippen molar-refractivity contribution >= 4 is 58.0 Å². The molecule has 1 aliphatic rings. The van der Waals surface area contributed by atoms with E-state index in [0.717, 1.165) is 9.13 Å². The van der Waals surface area contributed by atoms with Gasteiger partial charge in [-0.05, 0) is 96.2 Å². The topological polar surface area (TPSA) is 120 Å². The molecule has 3 aromatic carbocycles. The van der Waals surface area contributed by atoms with E-state index in [1.54, 1.807) is 57.4 Å². The maximum Gasteiger partial charge on any atom is 0.338 e. The van der Waals surface area contributed by atoms with Crippen LogP contribution in [0.25, 0.3) is 0 Å². The van der Waals surface area contributed by atoms with Crippen LogP contribution < -0.4 is 30.3 Å². The van der Waals surface area contributed by atoms with Crippen molar-refractivity contribution in [3.05, 3.63) is 98.3 Å². The van der Waals surface area contributed by atoms with Gasteiger partial charge >= 0.3 is 5.97 Å². The summed E-state index contributed by atoms with van der Waals surface area (Å²) in [5, 5.41) is 10.5. The van der Waals surface area contributed by atoms with E-state index in [1.165, 1.54) is 6.21 Å². The van der Waals surface area contributed by atoms with Crippen molar-refractivity contribution in [3.63, 3.8) is 0 Å². The van der Waals surface area contributed by atoms with Crippen LogP contribution in [0.2, 0.25) is 0 Å². The molecule has 0 bridgehead atoms. The number of para-hydroxylation sites is 1. The summed E-state index contributed by atoms with van der Waals surface area (Å²) < 4.78 is 23.6. The van der Waals surface area contributed by atoms with Crippen molar-refractivity contribution in [2.45, 2.75) is 26.5 Å². The number of halogens is 1. The van der Waals surface area contributed by atoms with E-state index in [4.69, 9.17) is 31.2 Å². The first kappa shape index (κ1) is 31.8. The number of nitrogens with zero attached hydrogens (tertiary/aromatic N) is 1. The van der Waals surface area contributed by atoms with E-state index in [2.05, 4.69) is 43.8 Å². The van der Waals surface area contributed by atoms with Crippen LogP contribution in [0.1, 0.15) is 36.6 Å². The molecule has 0 radical (unpaired) electrons. The second kappa shape index (κ2) is 15.3. The third kappa shape index (κ3) is 8.67. The maximum atomic E-state index is 12.7. The van der Waals surface area contributed by atoms with Gasteiger partial charge in [-0.1, -0.05) is 30.3 Å². The quantitative estimate of drug-likeness (QED) is 0.0803. The van der Waals surface area contributed by atoms with Gasteiger partial charge in [-0.25, -0.2) is 10.2 Å². The van der Waals surface area contributed by atoms with E-state index in [9.17, 15) is 9.59 Å². The second-order valence-corrected chi connectivity index (χ2v) is 10.9. The van der Waals surface area contributed by atoms with Gasteiger partial charge in [0.25, 0.3) is 5.91 Å². The highest BCUT2D eigenvalue weighted by molar-refractivity contribution is 14.1. The average Bonchev–Trinajstić information content (AvgIpc) is 3.00. The van der Waals surface area contributed by atoms with E-state index >= 15 is 0 Å². The summed E-state index contributed by atoms with van der Waals surface area (Å²) in [6.07, 6.45) is 1.50. The molecule has 0 aromatic heterocycles. The number of methoxy groups -OCH3 is 1. The maximum absolute atomic E-state index is 12.7. The molecule has 0 spiro atoms. The molecule has 1 atom stereocenters. The molecule has 1 amide bonds.